The van der Waals surface area contributed by atoms with Crippen LogP contribution in [-0.2, 0) is 0 Å². The molecular weight excluding hydrogens is 340 g/mol. The number of halogens is 2. The summed E-state index contributed by atoms with van der Waals surface area (Å²) in [5.74, 6) is 0.113. The molecule has 0 atom stereocenters. The molecule has 0 spiro atoms. The highest BCUT2D eigenvalue weighted by Gasteiger charge is 2.17. The summed E-state index contributed by atoms with van der Waals surface area (Å²) in [5, 5.41) is 3.28. The van der Waals surface area contributed by atoms with E-state index in [4.69, 9.17) is 0 Å². The molecule has 0 bridgehead atoms. The second kappa shape index (κ2) is 6.46. The van der Waals surface area contributed by atoms with Crippen LogP contribution in [0.1, 0.15) is 16.9 Å². The second-order valence-electron chi connectivity index (χ2n) is 3.63. The van der Waals surface area contributed by atoms with Crippen LogP contribution in [0.5, 0.6) is 0 Å². The number of H-pyrrole nitrogens is 1. The average Bonchev–Trinajstić information content (AvgIpc) is 2.53. The number of hydrogen-bond donors (Lipinski definition) is 2. The predicted octanol–water partition coefficient (Wildman–Crippen LogP) is 1.48. The Hall–Kier alpha value is -0.270. The molecule has 1 saturated heterocycles. The summed E-state index contributed by atoms with van der Waals surface area (Å²) < 4.78 is 1.07. The lowest BCUT2D eigenvalue weighted by atomic mass is 10.3. The number of hydrogen-bond acceptors (Lipinski definition) is 2. The van der Waals surface area contributed by atoms with Crippen LogP contribution in [0.15, 0.2) is 12.3 Å². The van der Waals surface area contributed by atoms with E-state index < -0.39 is 0 Å². The summed E-state index contributed by atoms with van der Waals surface area (Å²) in [4.78, 5) is 16.9. The summed E-state index contributed by atoms with van der Waals surface area (Å²) in [7, 11) is 0. The van der Waals surface area contributed by atoms with Crippen molar-refractivity contribution >= 4 is 40.9 Å². The third kappa shape index (κ3) is 3.36. The van der Waals surface area contributed by atoms with Gasteiger partial charge in [-0.1, -0.05) is 0 Å². The van der Waals surface area contributed by atoms with Crippen LogP contribution in [0.25, 0.3) is 0 Å². The van der Waals surface area contributed by atoms with Gasteiger partial charge >= 0.3 is 0 Å². The van der Waals surface area contributed by atoms with E-state index >= 15 is 0 Å². The Morgan fingerprint density at radius 3 is 2.88 bits per heavy atom. The molecule has 1 amide bonds. The van der Waals surface area contributed by atoms with Crippen LogP contribution < -0.4 is 5.32 Å². The summed E-state index contributed by atoms with van der Waals surface area (Å²) in [6, 6.07) is 1.89. The van der Waals surface area contributed by atoms with Gasteiger partial charge in [-0.25, -0.2) is 0 Å². The zero-order chi connectivity index (χ0) is 10.7. The van der Waals surface area contributed by atoms with E-state index in [1.807, 2.05) is 17.2 Å². The van der Waals surface area contributed by atoms with Crippen molar-refractivity contribution in [2.24, 2.45) is 0 Å². The number of carbonyl (C=O) groups excluding carboxylic acids is 1. The molecule has 2 rings (SSSR count). The minimum atomic E-state index is 0. The first kappa shape index (κ1) is 13.8. The first-order chi connectivity index (χ1) is 7.27. The topological polar surface area (TPSA) is 48.1 Å². The molecule has 1 aliphatic rings. The number of nitrogens with one attached hydrogen (secondary N) is 2. The number of amides is 1. The number of rotatable bonds is 1. The second-order valence-corrected chi connectivity index (χ2v) is 4.87. The lowest BCUT2D eigenvalue weighted by molar-refractivity contribution is 0.0761. The molecule has 6 heteroatoms. The molecule has 1 aromatic heterocycles. The Balaban J connectivity index is 0.00000128. The molecule has 1 aromatic rings. The number of aromatic nitrogens is 1. The highest BCUT2D eigenvalue weighted by atomic mass is 127. The Bertz CT molecular complexity index is 348. The Kier molecular flexibility index (Phi) is 5.57. The van der Waals surface area contributed by atoms with Gasteiger partial charge in [0, 0.05) is 29.4 Å². The van der Waals surface area contributed by atoms with E-state index in [9.17, 15) is 4.79 Å². The van der Waals surface area contributed by atoms with Gasteiger partial charge in [0.1, 0.15) is 5.69 Å². The normalized spacial score (nSPS) is 16.4. The molecular formula is C10H15ClIN3O. The average molecular weight is 356 g/mol. The smallest absolute Gasteiger partial charge is 0.270 e. The molecule has 2 N–H and O–H groups in total. The zero-order valence-corrected chi connectivity index (χ0v) is 11.8. The maximum atomic E-state index is 12.0. The Morgan fingerprint density at radius 1 is 1.38 bits per heavy atom. The summed E-state index contributed by atoms with van der Waals surface area (Å²) in [5.41, 5.74) is 0.696. The highest BCUT2D eigenvalue weighted by Crippen LogP contribution is 2.09. The van der Waals surface area contributed by atoms with Gasteiger partial charge in [-0.3, -0.25) is 4.79 Å². The van der Waals surface area contributed by atoms with Crippen molar-refractivity contribution in [1.82, 2.24) is 15.2 Å². The van der Waals surface area contributed by atoms with Crippen LogP contribution >= 0.6 is 35.0 Å². The van der Waals surface area contributed by atoms with Crippen LogP contribution in [0.3, 0.4) is 0 Å². The number of carbonyl (C=O) groups is 1. The fourth-order valence-corrected chi connectivity index (χ4v) is 2.18. The minimum absolute atomic E-state index is 0. The van der Waals surface area contributed by atoms with Crippen LogP contribution in [0.2, 0.25) is 0 Å². The van der Waals surface area contributed by atoms with E-state index in [0.29, 0.717) is 5.69 Å². The standard InChI is InChI=1S/C10H14IN3O.ClH/c11-8-6-9(13-7-8)10(15)14-4-1-2-12-3-5-14;/h6-7,12-13H,1-5H2;1H. The van der Waals surface area contributed by atoms with Gasteiger partial charge in [0.05, 0.1) is 0 Å². The largest absolute Gasteiger partial charge is 0.356 e. The fourth-order valence-electron chi connectivity index (χ4n) is 1.71. The van der Waals surface area contributed by atoms with Gasteiger partial charge in [-0.2, -0.15) is 0 Å². The van der Waals surface area contributed by atoms with Crippen molar-refractivity contribution in [2.75, 3.05) is 26.2 Å². The van der Waals surface area contributed by atoms with E-state index in [1.165, 1.54) is 0 Å². The highest BCUT2D eigenvalue weighted by molar-refractivity contribution is 14.1. The zero-order valence-electron chi connectivity index (χ0n) is 8.83. The van der Waals surface area contributed by atoms with Crippen molar-refractivity contribution in [3.05, 3.63) is 21.5 Å². The van der Waals surface area contributed by atoms with Crippen LogP contribution in [-0.4, -0.2) is 42.0 Å². The predicted molar refractivity (Wildman–Crippen MR) is 74.1 cm³/mol. The van der Waals surface area contributed by atoms with Gasteiger partial charge in [0.2, 0.25) is 0 Å². The van der Waals surface area contributed by atoms with Gasteiger partial charge in [0.25, 0.3) is 5.91 Å². The first-order valence-corrected chi connectivity index (χ1v) is 6.19. The molecule has 0 radical (unpaired) electrons. The lowest BCUT2D eigenvalue weighted by Crippen LogP contribution is -2.34. The summed E-state index contributed by atoms with van der Waals surface area (Å²) in [6.07, 6.45) is 2.88. The molecule has 0 aliphatic carbocycles. The number of aromatic amines is 1. The molecule has 1 aliphatic heterocycles. The van der Waals surface area contributed by atoms with E-state index in [-0.39, 0.29) is 18.3 Å². The monoisotopic (exact) mass is 355 g/mol. The van der Waals surface area contributed by atoms with Crippen molar-refractivity contribution < 1.29 is 4.79 Å². The number of nitrogens with zero attached hydrogens (tertiary/aromatic N) is 1. The third-order valence-corrected chi connectivity index (χ3v) is 3.13. The van der Waals surface area contributed by atoms with E-state index in [2.05, 4.69) is 32.9 Å². The summed E-state index contributed by atoms with van der Waals surface area (Å²) >= 11 is 2.20. The maximum Gasteiger partial charge on any atom is 0.270 e. The SMILES string of the molecule is Cl.O=C(c1cc(I)c[nH]1)N1CCCNCC1. The molecule has 16 heavy (non-hydrogen) atoms. The Labute approximate surface area is 115 Å². The molecule has 0 saturated carbocycles. The molecule has 1 fully saturated rings. The lowest BCUT2D eigenvalue weighted by Gasteiger charge is -2.18. The van der Waals surface area contributed by atoms with Crippen molar-refractivity contribution in [3.63, 3.8) is 0 Å². The van der Waals surface area contributed by atoms with Crippen molar-refractivity contribution in [3.8, 4) is 0 Å². The third-order valence-electron chi connectivity index (χ3n) is 2.51. The van der Waals surface area contributed by atoms with E-state index in [1.54, 1.807) is 0 Å². The summed E-state index contributed by atoms with van der Waals surface area (Å²) in [6.45, 7) is 3.55. The quantitative estimate of drug-likeness (QED) is 0.750. The molecule has 90 valence electrons. The first-order valence-electron chi connectivity index (χ1n) is 5.11. The van der Waals surface area contributed by atoms with Gasteiger partial charge in [0.15, 0.2) is 0 Å². The fraction of sp³-hybridized carbons (Fsp3) is 0.500. The minimum Gasteiger partial charge on any atom is -0.356 e. The van der Waals surface area contributed by atoms with E-state index in [0.717, 1.165) is 36.2 Å². The molecule has 4 nitrogen and oxygen atoms in total. The van der Waals surface area contributed by atoms with Crippen molar-refractivity contribution in [1.29, 1.82) is 0 Å². The van der Waals surface area contributed by atoms with Crippen molar-refractivity contribution in [2.45, 2.75) is 6.42 Å². The maximum absolute atomic E-state index is 12.0. The van der Waals surface area contributed by atoms with Gasteiger partial charge in [-0.15, -0.1) is 12.4 Å². The molecule has 2 heterocycles. The Morgan fingerprint density at radius 2 is 2.19 bits per heavy atom. The molecule has 0 aromatic carbocycles. The molecule has 0 unspecified atom stereocenters. The van der Waals surface area contributed by atoms with Crippen LogP contribution in [0, 0.1) is 3.57 Å². The van der Waals surface area contributed by atoms with Gasteiger partial charge < -0.3 is 15.2 Å². The van der Waals surface area contributed by atoms with Crippen LogP contribution in [0.4, 0.5) is 0 Å². The van der Waals surface area contributed by atoms with Gasteiger partial charge in [-0.05, 0) is 41.6 Å².